The summed E-state index contributed by atoms with van der Waals surface area (Å²) >= 11 is 1.40. The van der Waals surface area contributed by atoms with E-state index in [0.29, 0.717) is 10.7 Å². The van der Waals surface area contributed by atoms with E-state index >= 15 is 0 Å². The second-order valence-electron chi connectivity index (χ2n) is 4.40. The number of H-pyrrole nitrogens is 1. The molecule has 3 aromatic rings. The second kappa shape index (κ2) is 5.92. The van der Waals surface area contributed by atoms with Crippen LogP contribution in [0.15, 0.2) is 48.0 Å². The summed E-state index contributed by atoms with van der Waals surface area (Å²) < 4.78 is 0. The summed E-state index contributed by atoms with van der Waals surface area (Å²) in [5, 5.41) is 9.61. The molecule has 21 heavy (non-hydrogen) atoms. The van der Waals surface area contributed by atoms with Crippen LogP contribution in [-0.4, -0.2) is 31.0 Å². The van der Waals surface area contributed by atoms with Gasteiger partial charge in [0.25, 0.3) is 0 Å². The molecule has 7 heteroatoms. The summed E-state index contributed by atoms with van der Waals surface area (Å²) in [5.41, 5.74) is 2.26. The Balaban J connectivity index is 1.94. The summed E-state index contributed by atoms with van der Waals surface area (Å²) in [4.78, 5) is 26.5. The van der Waals surface area contributed by atoms with Gasteiger partial charge < -0.3 is 10.1 Å². The first-order valence-electron chi connectivity index (χ1n) is 6.31. The van der Waals surface area contributed by atoms with Crippen molar-refractivity contribution in [3.05, 3.63) is 48.5 Å². The lowest BCUT2D eigenvalue weighted by Gasteiger charge is -2.14. The van der Waals surface area contributed by atoms with E-state index < -0.39 is 5.97 Å². The summed E-state index contributed by atoms with van der Waals surface area (Å²) in [6.07, 6.45) is 3.01. The number of carboxylic acid groups (broad SMARTS) is 1. The number of carbonyl (C=O) groups is 1. The van der Waals surface area contributed by atoms with E-state index in [4.69, 9.17) is 5.11 Å². The number of aromatic amines is 1. The lowest BCUT2D eigenvalue weighted by atomic mass is 10.1. The maximum atomic E-state index is 11.1. The Hall–Kier alpha value is -2.41. The minimum absolute atomic E-state index is 0.0221. The fraction of sp³-hybridized carbons (Fsp3) is 0.143. The van der Waals surface area contributed by atoms with Gasteiger partial charge in [0.1, 0.15) is 16.9 Å². The van der Waals surface area contributed by atoms with Gasteiger partial charge >= 0.3 is 5.97 Å². The SMILES string of the molecule is O=C(O)CC(Sc1ncnc2nc[nH]c12)c1ccccc1. The highest BCUT2D eigenvalue weighted by Crippen LogP contribution is 2.38. The van der Waals surface area contributed by atoms with Crippen LogP contribution in [0.25, 0.3) is 11.2 Å². The van der Waals surface area contributed by atoms with Crippen LogP contribution in [0.1, 0.15) is 17.2 Å². The maximum Gasteiger partial charge on any atom is 0.304 e. The van der Waals surface area contributed by atoms with E-state index in [1.807, 2.05) is 30.3 Å². The molecule has 0 aliphatic heterocycles. The van der Waals surface area contributed by atoms with Crippen LogP contribution in [0.2, 0.25) is 0 Å². The van der Waals surface area contributed by atoms with Gasteiger partial charge in [0.15, 0.2) is 5.65 Å². The summed E-state index contributed by atoms with van der Waals surface area (Å²) in [5.74, 6) is -0.841. The van der Waals surface area contributed by atoms with Gasteiger partial charge in [-0.15, -0.1) is 0 Å². The van der Waals surface area contributed by atoms with Crippen molar-refractivity contribution in [3.63, 3.8) is 0 Å². The molecule has 106 valence electrons. The molecule has 1 unspecified atom stereocenters. The standard InChI is InChI=1S/C14H12N4O2S/c19-11(20)6-10(9-4-2-1-3-5-9)21-14-12-13(16-7-15-12)17-8-18-14/h1-5,7-8,10H,6H2,(H,19,20)(H,15,16,17,18). The van der Waals surface area contributed by atoms with E-state index in [-0.39, 0.29) is 11.7 Å². The fourth-order valence-electron chi connectivity index (χ4n) is 2.02. The lowest BCUT2D eigenvalue weighted by Crippen LogP contribution is -2.04. The molecule has 0 amide bonds. The number of hydrogen-bond donors (Lipinski definition) is 2. The molecule has 2 N–H and O–H groups in total. The number of imidazole rings is 1. The molecule has 2 heterocycles. The summed E-state index contributed by atoms with van der Waals surface area (Å²) in [6, 6.07) is 9.55. The Morgan fingerprint density at radius 1 is 1.24 bits per heavy atom. The highest BCUT2D eigenvalue weighted by molar-refractivity contribution is 7.99. The van der Waals surface area contributed by atoms with Crippen LogP contribution >= 0.6 is 11.8 Å². The Morgan fingerprint density at radius 3 is 2.81 bits per heavy atom. The zero-order valence-electron chi connectivity index (χ0n) is 10.9. The van der Waals surface area contributed by atoms with Gasteiger partial charge in [0.05, 0.1) is 12.7 Å². The fourth-order valence-corrected chi connectivity index (χ4v) is 3.19. The second-order valence-corrected chi connectivity index (χ2v) is 5.59. The first kappa shape index (κ1) is 13.6. The molecular weight excluding hydrogens is 288 g/mol. The third-order valence-corrected chi connectivity index (χ3v) is 4.23. The summed E-state index contributed by atoms with van der Waals surface area (Å²) in [6.45, 7) is 0. The van der Waals surface area contributed by atoms with Crippen molar-refractivity contribution in [2.24, 2.45) is 0 Å². The number of nitrogens with zero attached hydrogens (tertiary/aromatic N) is 3. The number of benzene rings is 1. The molecular formula is C14H12N4O2S. The van der Waals surface area contributed by atoms with Crippen molar-refractivity contribution in [2.75, 3.05) is 0 Å². The number of aliphatic carboxylic acids is 1. The molecule has 0 saturated carbocycles. The number of fused-ring (bicyclic) bond motifs is 1. The third-order valence-electron chi connectivity index (χ3n) is 2.97. The molecule has 0 spiro atoms. The first-order chi connectivity index (χ1) is 10.2. The van der Waals surface area contributed by atoms with E-state index in [2.05, 4.69) is 19.9 Å². The highest BCUT2D eigenvalue weighted by Gasteiger charge is 2.19. The van der Waals surface area contributed by atoms with Crippen molar-refractivity contribution in [1.29, 1.82) is 0 Å². The van der Waals surface area contributed by atoms with Gasteiger partial charge in [-0.2, -0.15) is 0 Å². The van der Waals surface area contributed by atoms with Gasteiger partial charge in [0.2, 0.25) is 0 Å². The normalized spacial score (nSPS) is 12.4. The van der Waals surface area contributed by atoms with Crippen LogP contribution in [0.3, 0.4) is 0 Å². The van der Waals surface area contributed by atoms with E-state index in [0.717, 1.165) is 11.1 Å². The van der Waals surface area contributed by atoms with E-state index in [1.165, 1.54) is 18.1 Å². The molecule has 0 radical (unpaired) electrons. The van der Waals surface area contributed by atoms with Crippen LogP contribution in [0.5, 0.6) is 0 Å². The molecule has 0 bridgehead atoms. The zero-order chi connectivity index (χ0) is 14.7. The number of carboxylic acids is 1. The first-order valence-corrected chi connectivity index (χ1v) is 7.19. The lowest BCUT2D eigenvalue weighted by molar-refractivity contribution is -0.137. The molecule has 1 aromatic carbocycles. The monoisotopic (exact) mass is 300 g/mol. The van der Waals surface area contributed by atoms with Crippen LogP contribution in [0, 0.1) is 0 Å². The molecule has 6 nitrogen and oxygen atoms in total. The smallest absolute Gasteiger partial charge is 0.304 e. The third kappa shape index (κ3) is 3.03. The zero-order valence-corrected chi connectivity index (χ0v) is 11.7. The Morgan fingerprint density at radius 2 is 2.05 bits per heavy atom. The molecule has 0 aliphatic carbocycles. The predicted molar refractivity (Wildman–Crippen MR) is 79.0 cm³/mol. The van der Waals surface area contributed by atoms with Crippen LogP contribution < -0.4 is 0 Å². The topological polar surface area (TPSA) is 91.8 Å². The number of thioether (sulfide) groups is 1. The van der Waals surface area contributed by atoms with E-state index in [9.17, 15) is 4.79 Å². The Labute approximate surface area is 124 Å². The maximum absolute atomic E-state index is 11.1. The van der Waals surface area contributed by atoms with Gasteiger partial charge in [-0.05, 0) is 5.56 Å². The van der Waals surface area contributed by atoms with Crippen molar-refractivity contribution < 1.29 is 9.90 Å². The molecule has 0 aliphatic rings. The average Bonchev–Trinajstić information content (AvgIpc) is 2.96. The highest BCUT2D eigenvalue weighted by atomic mass is 32.2. The predicted octanol–water partition coefficient (Wildman–Crippen LogP) is 2.66. The van der Waals surface area contributed by atoms with E-state index in [1.54, 1.807) is 6.33 Å². The van der Waals surface area contributed by atoms with Crippen molar-refractivity contribution >= 4 is 28.9 Å². The average molecular weight is 300 g/mol. The minimum Gasteiger partial charge on any atom is -0.481 e. The van der Waals surface area contributed by atoms with Gasteiger partial charge in [-0.25, -0.2) is 15.0 Å². The summed E-state index contributed by atoms with van der Waals surface area (Å²) in [7, 11) is 0. The largest absolute Gasteiger partial charge is 0.481 e. The van der Waals surface area contributed by atoms with Crippen molar-refractivity contribution in [1.82, 2.24) is 19.9 Å². The molecule has 0 fully saturated rings. The van der Waals surface area contributed by atoms with Gasteiger partial charge in [-0.1, -0.05) is 42.1 Å². The number of aromatic nitrogens is 4. The quantitative estimate of drug-likeness (QED) is 0.556. The van der Waals surface area contributed by atoms with Crippen molar-refractivity contribution in [2.45, 2.75) is 16.7 Å². The Bertz CT molecular complexity index is 760. The number of hydrogen-bond acceptors (Lipinski definition) is 5. The number of rotatable bonds is 5. The minimum atomic E-state index is -0.841. The number of nitrogens with one attached hydrogen (secondary N) is 1. The van der Waals surface area contributed by atoms with Crippen molar-refractivity contribution in [3.8, 4) is 0 Å². The van der Waals surface area contributed by atoms with Crippen LogP contribution in [0.4, 0.5) is 0 Å². The van der Waals surface area contributed by atoms with Gasteiger partial charge in [-0.3, -0.25) is 4.79 Å². The molecule has 2 aromatic heterocycles. The molecule has 1 atom stereocenters. The Kier molecular flexibility index (Phi) is 3.83. The molecule has 3 rings (SSSR count). The van der Waals surface area contributed by atoms with Gasteiger partial charge in [0, 0.05) is 5.25 Å². The molecule has 0 saturated heterocycles. The van der Waals surface area contributed by atoms with Crippen LogP contribution in [-0.2, 0) is 4.79 Å².